The van der Waals surface area contributed by atoms with E-state index in [2.05, 4.69) is 24.3 Å². The van der Waals surface area contributed by atoms with Gasteiger partial charge in [0.05, 0.1) is 0 Å². The summed E-state index contributed by atoms with van der Waals surface area (Å²) >= 11 is 0. The quantitative estimate of drug-likeness (QED) is 0.630. The summed E-state index contributed by atoms with van der Waals surface area (Å²) in [5.74, 6) is 0.987. The van der Waals surface area contributed by atoms with Crippen LogP contribution in [-0.2, 0) is 11.2 Å². The van der Waals surface area contributed by atoms with E-state index in [4.69, 9.17) is 4.52 Å². The minimum absolute atomic E-state index is 0.166. The second kappa shape index (κ2) is 7.90. The Hall–Kier alpha value is -2.44. The Kier molecular flexibility index (Phi) is 5.40. The maximum absolute atomic E-state index is 11.2. The molecular formula is C21H19O2P. The first-order valence-electron chi connectivity index (χ1n) is 7.89. The molecule has 2 nitrogen and oxygen atoms in total. The van der Waals surface area contributed by atoms with Gasteiger partial charge in [-0.1, -0.05) is 72.8 Å². The third kappa shape index (κ3) is 4.31. The van der Waals surface area contributed by atoms with Crippen molar-refractivity contribution in [3.63, 3.8) is 0 Å². The van der Waals surface area contributed by atoms with Crippen molar-refractivity contribution in [2.75, 3.05) is 0 Å². The topological polar surface area (TPSA) is 26.3 Å². The lowest BCUT2D eigenvalue weighted by Crippen LogP contribution is -2.15. The van der Waals surface area contributed by atoms with Crippen LogP contribution in [0.25, 0.3) is 0 Å². The van der Waals surface area contributed by atoms with Gasteiger partial charge in [0.15, 0.2) is 8.15 Å². The second-order valence-corrected chi connectivity index (χ2v) is 7.38. The predicted octanol–water partition coefficient (Wildman–Crippen LogP) is 4.24. The highest BCUT2D eigenvalue weighted by Crippen LogP contribution is 2.36. The van der Waals surface area contributed by atoms with E-state index in [9.17, 15) is 4.79 Å². The van der Waals surface area contributed by atoms with Gasteiger partial charge in [-0.15, -0.1) is 0 Å². The zero-order chi connectivity index (χ0) is 16.8. The molecule has 0 radical (unpaired) electrons. The summed E-state index contributed by atoms with van der Waals surface area (Å²) in [6.45, 7) is 1.61. The molecule has 0 aromatic heterocycles. The average Bonchev–Trinajstić information content (AvgIpc) is 2.62. The van der Waals surface area contributed by atoms with Gasteiger partial charge in [0.1, 0.15) is 11.5 Å². The number of carbonyl (C=O) groups excluding carboxylic acids is 1. The van der Waals surface area contributed by atoms with E-state index < -0.39 is 8.15 Å². The zero-order valence-corrected chi connectivity index (χ0v) is 14.4. The Labute approximate surface area is 144 Å². The highest BCUT2D eigenvalue weighted by atomic mass is 31.1. The van der Waals surface area contributed by atoms with Gasteiger partial charge in [0.2, 0.25) is 0 Å². The molecule has 0 saturated heterocycles. The van der Waals surface area contributed by atoms with Crippen LogP contribution in [0.3, 0.4) is 0 Å². The zero-order valence-electron chi connectivity index (χ0n) is 13.6. The Bertz CT molecular complexity index is 744. The molecule has 3 heteroatoms. The molecule has 0 atom stereocenters. The lowest BCUT2D eigenvalue weighted by Gasteiger charge is -2.19. The van der Waals surface area contributed by atoms with Crippen LogP contribution >= 0.6 is 8.15 Å². The van der Waals surface area contributed by atoms with Crippen molar-refractivity contribution < 1.29 is 9.32 Å². The molecule has 0 N–H and O–H groups in total. The van der Waals surface area contributed by atoms with Crippen LogP contribution in [-0.4, -0.2) is 5.78 Å². The van der Waals surface area contributed by atoms with Gasteiger partial charge in [-0.3, -0.25) is 4.79 Å². The van der Waals surface area contributed by atoms with Crippen LogP contribution in [0.15, 0.2) is 84.9 Å². The van der Waals surface area contributed by atoms with E-state index in [0.717, 1.165) is 11.3 Å². The average molecular weight is 334 g/mol. The van der Waals surface area contributed by atoms with Crippen LogP contribution in [0.5, 0.6) is 5.75 Å². The summed E-state index contributed by atoms with van der Waals surface area (Å²) in [4.78, 5) is 11.2. The molecular weight excluding hydrogens is 315 g/mol. The largest absolute Gasteiger partial charge is 0.464 e. The first-order valence-corrected chi connectivity index (χ1v) is 9.15. The van der Waals surface area contributed by atoms with Crippen molar-refractivity contribution in [2.24, 2.45) is 0 Å². The summed E-state index contributed by atoms with van der Waals surface area (Å²) in [5.41, 5.74) is 1.01. The highest BCUT2D eigenvalue weighted by molar-refractivity contribution is 7.68. The Morgan fingerprint density at radius 3 is 1.75 bits per heavy atom. The summed E-state index contributed by atoms with van der Waals surface area (Å²) < 4.78 is 6.33. The first-order chi connectivity index (χ1) is 11.7. The number of carbonyl (C=O) groups is 1. The lowest BCUT2D eigenvalue weighted by atomic mass is 10.1. The normalized spacial score (nSPS) is 10.6. The van der Waals surface area contributed by atoms with Gasteiger partial charge in [-0.05, 0) is 24.6 Å². The van der Waals surface area contributed by atoms with E-state index >= 15 is 0 Å². The molecule has 0 spiro atoms. The lowest BCUT2D eigenvalue weighted by molar-refractivity contribution is -0.116. The van der Waals surface area contributed by atoms with Gasteiger partial charge in [-0.2, -0.15) is 0 Å². The van der Waals surface area contributed by atoms with Gasteiger partial charge in [0, 0.05) is 17.0 Å². The molecule has 0 aliphatic heterocycles. The van der Waals surface area contributed by atoms with E-state index in [-0.39, 0.29) is 5.78 Å². The standard InChI is InChI=1S/C21H19O2P/c1-17(22)16-18-12-14-19(15-13-18)23-24(20-8-4-2-5-9-20)21-10-6-3-7-11-21/h2-15H,16H2,1H3. The van der Waals surface area contributed by atoms with Crippen LogP contribution < -0.4 is 15.1 Å². The molecule has 0 aliphatic rings. The van der Waals surface area contributed by atoms with Crippen molar-refractivity contribution in [2.45, 2.75) is 13.3 Å². The molecule has 3 aromatic rings. The fourth-order valence-electron chi connectivity index (χ4n) is 2.44. The van der Waals surface area contributed by atoms with Crippen molar-refractivity contribution in [1.82, 2.24) is 0 Å². The second-order valence-electron chi connectivity index (χ2n) is 5.58. The monoisotopic (exact) mass is 334 g/mol. The van der Waals surface area contributed by atoms with Crippen molar-refractivity contribution in [1.29, 1.82) is 0 Å². The third-order valence-electron chi connectivity index (χ3n) is 3.55. The maximum Gasteiger partial charge on any atom is 0.150 e. The molecule has 0 fully saturated rings. The molecule has 24 heavy (non-hydrogen) atoms. The summed E-state index contributed by atoms with van der Waals surface area (Å²) in [7, 11) is -0.920. The molecule has 3 aromatic carbocycles. The van der Waals surface area contributed by atoms with Gasteiger partial charge in [-0.25, -0.2) is 0 Å². The van der Waals surface area contributed by atoms with Crippen molar-refractivity contribution in [3.05, 3.63) is 90.5 Å². The molecule has 0 saturated carbocycles. The Morgan fingerprint density at radius 2 is 1.29 bits per heavy atom. The minimum atomic E-state index is -0.920. The predicted molar refractivity (Wildman–Crippen MR) is 101 cm³/mol. The summed E-state index contributed by atoms with van der Waals surface area (Å²) in [5, 5.41) is 2.35. The number of Topliss-reactive ketones (excluding diaryl/α,β-unsaturated/α-hetero) is 1. The van der Waals surface area contributed by atoms with Crippen LogP contribution in [0, 0.1) is 0 Å². The maximum atomic E-state index is 11.2. The fourth-order valence-corrected chi connectivity index (χ4v) is 4.17. The molecule has 0 aliphatic carbocycles. The van der Waals surface area contributed by atoms with Crippen LogP contribution in [0.4, 0.5) is 0 Å². The molecule has 0 amide bonds. The first kappa shape index (κ1) is 16.4. The van der Waals surface area contributed by atoms with Crippen LogP contribution in [0.1, 0.15) is 12.5 Å². The van der Waals surface area contributed by atoms with E-state index in [1.165, 1.54) is 10.6 Å². The van der Waals surface area contributed by atoms with E-state index in [1.807, 2.05) is 60.7 Å². The number of rotatable bonds is 6. The van der Waals surface area contributed by atoms with Gasteiger partial charge in [0.25, 0.3) is 0 Å². The fraction of sp³-hybridized carbons (Fsp3) is 0.0952. The SMILES string of the molecule is CC(=O)Cc1ccc(OP(c2ccccc2)c2ccccc2)cc1. The minimum Gasteiger partial charge on any atom is -0.464 e. The van der Waals surface area contributed by atoms with Gasteiger partial charge < -0.3 is 4.52 Å². The number of hydrogen-bond acceptors (Lipinski definition) is 2. The summed E-state index contributed by atoms with van der Waals surface area (Å²) in [6.07, 6.45) is 0.465. The number of hydrogen-bond donors (Lipinski definition) is 0. The third-order valence-corrected chi connectivity index (χ3v) is 5.48. The van der Waals surface area contributed by atoms with E-state index in [1.54, 1.807) is 6.92 Å². The van der Waals surface area contributed by atoms with Gasteiger partial charge >= 0.3 is 0 Å². The van der Waals surface area contributed by atoms with Crippen LogP contribution in [0.2, 0.25) is 0 Å². The van der Waals surface area contributed by atoms with Crippen molar-refractivity contribution in [3.8, 4) is 5.75 Å². The molecule has 120 valence electrons. The summed E-state index contributed by atoms with van der Waals surface area (Å²) in [6, 6.07) is 28.4. The van der Waals surface area contributed by atoms with E-state index in [0.29, 0.717) is 6.42 Å². The highest BCUT2D eigenvalue weighted by Gasteiger charge is 2.16. The molecule has 3 rings (SSSR count). The number of ketones is 1. The Balaban J connectivity index is 1.86. The molecule has 0 bridgehead atoms. The Morgan fingerprint density at radius 1 is 0.792 bits per heavy atom. The molecule has 0 heterocycles. The number of benzene rings is 3. The smallest absolute Gasteiger partial charge is 0.150 e. The van der Waals surface area contributed by atoms with Crippen molar-refractivity contribution >= 4 is 24.5 Å². The molecule has 0 unspecified atom stereocenters.